The summed E-state index contributed by atoms with van der Waals surface area (Å²) in [5.74, 6) is 0. The molecule has 0 unspecified atom stereocenters. The SMILES string of the molecule is Cc1cc(-c2ccc(-c3c4ccccc4c(-c4ccc(-c5ccncc5)c5ccccc45)c4ccccc34)cc2)ccn1. The minimum absolute atomic E-state index is 1.02. The summed E-state index contributed by atoms with van der Waals surface area (Å²) in [6.07, 6.45) is 5.61. The van der Waals surface area contributed by atoms with E-state index in [0.29, 0.717) is 0 Å². The highest BCUT2D eigenvalue weighted by atomic mass is 14.6. The Balaban J connectivity index is 1.39. The van der Waals surface area contributed by atoms with Crippen LogP contribution in [-0.2, 0) is 0 Å². The van der Waals surface area contributed by atoms with Crippen LogP contribution in [0, 0.1) is 6.92 Å². The molecular formula is C41H28N2. The Labute approximate surface area is 251 Å². The van der Waals surface area contributed by atoms with Crippen molar-refractivity contribution in [2.24, 2.45) is 0 Å². The number of aryl methyl sites for hydroxylation is 1. The van der Waals surface area contributed by atoms with Crippen LogP contribution in [0.1, 0.15) is 5.69 Å². The van der Waals surface area contributed by atoms with Crippen LogP contribution >= 0.6 is 0 Å². The Morgan fingerprint density at radius 3 is 1.47 bits per heavy atom. The second-order valence-corrected chi connectivity index (χ2v) is 11.0. The quantitative estimate of drug-likeness (QED) is 0.204. The fourth-order valence-corrected chi connectivity index (χ4v) is 6.58. The van der Waals surface area contributed by atoms with Gasteiger partial charge in [-0.05, 0) is 108 Å². The topological polar surface area (TPSA) is 25.8 Å². The number of fused-ring (bicyclic) bond motifs is 3. The van der Waals surface area contributed by atoms with E-state index in [-0.39, 0.29) is 0 Å². The molecule has 0 fully saturated rings. The molecule has 0 N–H and O–H groups in total. The molecule has 0 bridgehead atoms. The van der Waals surface area contributed by atoms with Crippen LogP contribution in [-0.4, -0.2) is 9.97 Å². The van der Waals surface area contributed by atoms with E-state index in [4.69, 9.17) is 0 Å². The molecule has 0 atom stereocenters. The smallest absolute Gasteiger partial charge is 0.0378 e. The predicted octanol–water partition coefficient (Wildman–Crippen LogP) is 10.9. The first-order chi connectivity index (χ1) is 21.3. The number of benzene rings is 6. The van der Waals surface area contributed by atoms with Gasteiger partial charge in [-0.1, -0.05) is 109 Å². The van der Waals surface area contributed by atoms with Crippen molar-refractivity contribution in [3.05, 3.63) is 158 Å². The van der Waals surface area contributed by atoms with E-state index in [2.05, 4.69) is 143 Å². The van der Waals surface area contributed by atoms with E-state index in [9.17, 15) is 0 Å². The van der Waals surface area contributed by atoms with Crippen molar-refractivity contribution in [1.82, 2.24) is 9.97 Å². The van der Waals surface area contributed by atoms with Crippen molar-refractivity contribution in [2.75, 3.05) is 0 Å². The number of aromatic nitrogens is 2. The molecule has 8 rings (SSSR count). The van der Waals surface area contributed by atoms with Gasteiger partial charge in [-0.3, -0.25) is 9.97 Å². The third-order valence-electron chi connectivity index (χ3n) is 8.52. The number of rotatable bonds is 4. The van der Waals surface area contributed by atoms with E-state index < -0.39 is 0 Å². The fourth-order valence-electron chi connectivity index (χ4n) is 6.58. The highest BCUT2D eigenvalue weighted by molar-refractivity contribution is 6.24. The number of pyridine rings is 2. The van der Waals surface area contributed by atoms with Crippen LogP contribution in [0.4, 0.5) is 0 Å². The van der Waals surface area contributed by atoms with Crippen molar-refractivity contribution in [2.45, 2.75) is 6.92 Å². The van der Waals surface area contributed by atoms with Crippen molar-refractivity contribution in [3.63, 3.8) is 0 Å². The lowest BCUT2D eigenvalue weighted by Gasteiger charge is -2.20. The van der Waals surface area contributed by atoms with Gasteiger partial charge in [0.1, 0.15) is 0 Å². The van der Waals surface area contributed by atoms with Crippen LogP contribution < -0.4 is 0 Å². The summed E-state index contributed by atoms with van der Waals surface area (Å²) in [4.78, 5) is 8.61. The second kappa shape index (κ2) is 10.3. The van der Waals surface area contributed by atoms with Crippen molar-refractivity contribution >= 4 is 32.3 Å². The summed E-state index contributed by atoms with van der Waals surface area (Å²) < 4.78 is 0. The molecule has 2 heteroatoms. The number of nitrogens with zero attached hydrogens (tertiary/aromatic N) is 2. The van der Waals surface area contributed by atoms with E-state index in [1.165, 1.54) is 76.8 Å². The maximum atomic E-state index is 4.37. The molecule has 0 aliphatic carbocycles. The molecular weight excluding hydrogens is 520 g/mol. The zero-order valence-electron chi connectivity index (χ0n) is 23.8. The summed E-state index contributed by atoms with van der Waals surface area (Å²) in [7, 11) is 0. The number of hydrogen-bond acceptors (Lipinski definition) is 2. The third kappa shape index (κ3) is 4.27. The van der Waals surface area contributed by atoms with Crippen LogP contribution in [0.5, 0.6) is 0 Å². The molecule has 0 radical (unpaired) electrons. The molecule has 0 spiro atoms. The molecule has 0 saturated heterocycles. The van der Waals surface area contributed by atoms with E-state index in [1.54, 1.807) is 0 Å². The van der Waals surface area contributed by atoms with Gasteiger partial charge in [-0.25, -0.2) is 0 Å². The van der Waals surface area contributed by atoms with Crippen molar-refractivity contribution < 1.29 is 0 Å². The lowest BCUT2D eigenvalue weighted by Crippen LogP contribution is -1.92. The maximum Gasteiger partial charge on any atom is 0.0378 e. The largest absolute Gasteiger partial charge is 0.265 e. The molecule has 202 valence electrons. The molecule has 0 aliphatic rings. The van der Waals surface area contributed by atoms with Gasteiger partial charge < -0.3 is 0 Å². The first-order valence-electron chi connectivity index (χ1n) is 14.7. The average Bonchev–Trinajstić information content (AvgIpc) is 3.07. The Morgan fingerprint density at radius 1 is 0.372 bits per heavy atom. The minimum atomic E-state index is 1.02. The zero-order valence-corrected chi connectivity index (χ0v) is 23.8. The van der Waals surface area contributed by atoms with Crippen LogP contribution in [0.3, 0.4) is 0 Å². The lowest BCUT2D eigenvalue weighted by molar-refractivity contribution is 1.20. The second-order valence-electron chi connectivity index (χ2n) is 11.0. The van der Waals surface area contributed by atoms with E-state index >= 15 is 0 Å². The Kier molecular flexibility index (Phi) is 6.05. The highest BCUT2D eigenvalue weighted by Crippen LogP contribution is 2.46. The van der Waals surface area contributed by atoms with E-state index in [1.807, 2.05) is 25.5 Å². The molecule has 0 aliphatic heterocycles. The Morgan fingerprint density at radius 2 is 0.860 bits per heavy atom. The first-order valence-corrected chi connectivity index (χ1v) is 14.7. The molecule has 8 aromatic rings. The monoisotopic (exact) mass is 548 g/mol. The molecule has 2 aromatic heterocycles. The van der Waals surface area contributed by atoms with Gasteiger partial charge in [-0.2, -0.15) is 0 Å². The third-order valence-corrected chi connectivity index (χ3v) is 8.52. The maximum absolute atomic E-state index is 4.37. The standard InChI is InChI=1S/C41H28N2/c1-27-26-31(22-25-43-27)28-14-16-30(17-15-28)40-35-10-4-6-12-37(35)41(38-13-7-5-11-36(38)40)39-19-18-32(29-20-23-42-24-21-29)33-8-2-3-9-34(33)39/h2-26H,1H3. The molecule has 2 nitrogen and oxygen atoms in total. The predicted molar refractivity (Wildman–Crippen MR) is 181 cm³/mol. The van der Waals surface area contributed by atoms with Crippen molar-refractivity contribution in [3.8, 4) is 44.5 Å². The molecule has 0 saturated carbocycles. The zero-order chi connectivity index (χ0) is 28.8. The van der Waals surface area contributed by atoms with Crippen LogP contribution in [0.15, 0.2) is 152 Å². The Hall–Kier alpha value is -5.60. The summed E-state index contributed by atoms with van der Waals surface area (Å²) >= 11 is 0. The molecule has 2 heterocycles. The van der Waals surface area contributed by atoms with Crippen molar-refractivity contribution in [1.29, 1.82) is 0 Å². The van der Waals surface area contributed by atoms with Gasteiger partial charge in [0.15, 0.2) is 0 Å². The van der Waals surface area contributed by atoms with Gasteiger partial charge in [-0.15, -0.1) is 0 Å². The van der Waals surface area contributed by atoms with E-state index in [0.717, 1.165) is 5.69 Å². The highest BCUT2D eigenvalue weighted by Gasteiger charge is 2.19. The van der Waals surface area contributed by atoms with Gasteiger partial charge in [0.25, 0.3) is 0 Å². The summed E-state index contributed by atoms with van der Waals surface area (Å²) in [6.45, 7) is 2.04. The fraction of sp³-hybridized carbons (Fsp3) is 0.0244. The van der Waals surface area contributed by atoms with Crippen LogP contribution in [0.2, 0.25) is 0 Å². The lowest BCUT2D eigenvalue weighted by atomic mass is 9.83. The summed E-state index contributed by atoms with van der Waals surface area (Å²) in [5, 5.41) is 7.51. The Bertz CT molecular complexity index is 2230. The molecule has 0 amide bonds. The average molecular weight is 549 g/mol. The normalized spacial score (nSPS) is 11.4. The molecule has 6 aromatic carbocycles. The van der Waals surface area contributed by atoms with Gasteiger partial charge in [0.2, 0.25) is 0 Å². The number of hydrogen-bond donors (Lipinski definition) is 0. The summed E-state index contributed by atoms with van der Waals surface area (Å²) in [6, 6.07) is 48.4. The van der Waals surface area contributed by atoms with Crippen LogP contribution in [0.25, 0.3) is 76.8 Å². The first kappa shape index (κ1) is 25.1. The van der Waals surface area contributed by atoms with Gasteiger partial charge in [0.05, 0.1) is 0 Å². The van der Waals surface area contributed by atoms with Gasteiger partial charge >= 0.3 is 0 Å². The minimum Gasteiger partial charge on any atom is -0.265 e. The molecule has 43 heavy (non-hydrogen) atoms. The summed E-state index contributed by atoms with van der Waals surface area (Å²) in [5.41, 5.74) is 10.8. The van der Waals surface area contributed by atoms with Gasteiger partial charge in [0, 0.05) is 24.3 Å².